The van der Waals surface area contributed by atoms with Crippen molar-refractivity contribution in [3.63, 3.8) is 0 Å². The Bertz CT molecular complexity index is 334. The van der Waals surface area contributed by atoms with E-state index in [1.54, 1.807) is 18.4 Å². The molecule has 0 aromatic heterocycles. The van der Waals surface area contributed by atoms with Crippen molar-refractivity contribution in [2.45, 2.75) is 6.42 Å². The van der Waals surface area contributed by atoms with E-state index in [1.807, 2.05) is 0 Å². The van der Waals surface area contributed by atoms with Gasteiger partial charge in [-0.05, 0) is 31.3 Å². The highest BCUT2D eigenvalue weighted by Crippen LogP contribution is 2.28. The molecule has 2 fully saturated rings. The Kier molecular flexibility index (Phi) is 4.59. The van der Waals surface area contributed by atoms with Gasteiger partial charge in [0.25, 0.3) is 10.2 Å². The summed E-state index contributed by atoms with van der Waals surface area (Å²) in [6.45, 7) is 3.37. The number of nitrogens with one attached hydrogen (secondary N) is 1. The molecule has 96 valence electrons. The number of hydrogen-bond donors (Lipinski definition) is 1. The van der Waals surface area contributed by atoms with E-state index >= 15 is 0 Å². The van der Waals surface area contributed by atoms with Crippen LogP contribution >= 0.6 is 12.4 Å². The first kappa shape index (κ1) is 14.2. The van der Waals surface area contributed by atoms with E-state index in [2.05, 4.69) is 5.32 Å². The van der Waals surface area contributed by atoms with Gasteiger partial charge in [0, 0.05) is 27.2 Å². The van der Waals surface area contributed by atoms with E-state index in [0.29, 0.717) is 24.9 Å². The third-order valence-electron chi connectivity index (χ3n) is 3.45. The van der Waals surface area contributed by atoms with Gasteiger partial charge in [-0.25, -0.2) is 0 Å². The zero-order chi connectivity index (χ0) is 11.1. The highest BCUT2D eigenvalue weighted by atomic mass is 35.5. The minimum atomic E-state index is -3.20. The van der Waals surface area contributed by atoms with E-state index < -0.39 is 10.2 Å². The summed E-state index contributed by atoms with van der Waals surface area (Å²) in [5.74, 6) is 1.19. The molecule has 5 nitrogen and oxygen atoms in total. The van der Waals surface area contributed by atoms with Gasteiger partial charge in [-0.15, -0.1) is 12.4 Å². The Labute approximate surface area is 104 Å². The van der Waals surface area contributed by atoms with Gasteiger partial charge in [-0.1, -0.05) is 0 Å². The van der Waals surface area contributed by atoms with Crippen LogP contribution in [0.25, 0.3) is 0 Å². The minimum absolute atomic E-state index is 0. The number of hydrogen-bond acceptors (Lipinski definition) is 3. The fourth-order valence-electron chi connectivity index (χ4n) is 2.44. The first-order chi connectivity index (χ1) is 7.01. The van der Waals surface area contributed by atoms with Crippen LogP contribution in [0.4, 0.5) is 0 Å². The zero-order valence-electron chi connectivity index (χ0n) is 9.72. The molecule has 1 N–H and O–H groups in total. The van der Waals surface area contributed by atoms with Crippen LogP contribution in [0.3, 0.4) is 0 Å². The molecule has 0 bridgehead atoms. The molecule has 0 spiro atoms. The number of nitrogens with zero attached hydrogens (tertiary/aromatic N) is 2. The summed E-state index contributed by atoms with van der Waals surface area (Å²) in [5, 5.41) is 3.33. The second-order valence-electron chi connectivity index (χ2n) is 4.62. The lowest BCUT2D eigenvalue weighted by Gasteiger charge is -2.34. The van der Waals surface area contributed by atoms with Crippen LogP contribution in [0.1, 0.15) is 6.42 Å². The summed E-state index contributed by atoms with van der Waals surface area (Å²) < 4.78 is 26.7. The molecule has 2 aliphatic heterocycles. The second-order valence-corrected chi connectivity index (χ2v) is 6.76. The summed E-state index contributed by atoms with van der Waals surface area (Å²) >= 11 is 0. The molecule has 0 aromatic carbocycles. The Morgan fingerprint density at radius 3 is 2.50 bits per heavy atom. The highest BCUT2D eigenvalue weighted by molar-refractivity contribution is 7.86. The van der Waals surface area contributed by atoms with E-state index in [4.69, 9.17) is 0 Å². The number of fused-ring (bicyclic) bond motifs is 1. The normalized spacial score (nSPS) is 31.2. The number of halogens is 1. The van der Waals surface area contributed by atoms with Gasteiger partial charge < -0.3 is 5.32 Å². The van der Waals surface area contributed by atoms with Crippen molar-refractivity contribution in [2.24, 2.45) is 11.8 Å². The van der Waals surface area contributed by atoms with E-state index in [-0.39, 0.29) is 12.4 Å². The Balaban J connectivity index is 0.00000128. The lowest BCUT2D eigenvalue weighted by atomic mass is 9.90. The fourth-order valence-corrected chi connectivity index (χ4v) is 3.62. The summed E-state index contributed by atoms with van der Waals surface area (Å²) in [6, 6.07) is 0. The SMILES string of the molecule is CN(C)S(=O)(=O)N1CCC2CNCC2C1.Cl. The molecule has 2 rings (SSSR count). The predicted octanol–water partition coefficient (Wildman–Crippen LogP) is -0.244. The fraction of sp³-hybridized carbons (Fsp3) is 1.00. The van der Waals surface area contributed by atoms with Gasteiger partial charge in [0.05, 0.1) is 0 Å². The topological polar surface area (TPSA) is 52.7 Å². The zero-order valence-corrected chi connectivity index (χ0v) is 11.4. The molecule has 0 saturated carbocycles. The average Bonchev–Trinajstić information content (AvgIpc) is 2.63. The molecule has 0 radical (unpaired) electrons. The van der Waals surface area contributed by atoms with Crippen LogP contribution in [-0.4, -0.2) is 57.3 Å². The third-order valence-corrected chi connectivity index (χ3v) is 5.36. The number of rotatable bonds is 2. The Morgan fingerprint density at radius 1 is 1.25 bits per heavy atom. The van der Waals surface area contributed by atoms with Gasteiger partial charge in [0.2, 0.25) is 0 Å². The Morgan fingerprint density at radius 2 is 1.88 bits per heavy atom. The van der Waals surface area contributed by atoms with Gasteiger partial charge >= 0.3 is 0 Å². The van der Waals surface area contributed by atoms with Gasteiger partial charge in [0.1, 0.15) is 0 Å². The maximum atomic E-state index is 11.9. The molecule has 0 aromatic rings. The molecular formula is C9H20ClN3O2S. The summed E-state index contributed by atoms with van der Waals surface area (Å²) in [4.78, 5) is 0. The molecule has 2 atom stereocenters. The van der Waals surface area contributed by atoms with Crippen LogP contribution in [0.15, 0.2) is 0 Å². The Hall–Kier alpha value is 0.120. The lowest BCUT2D eigenvalue weighted by Crippen LogP contribution is -2.47. The average molecular weight is 270 g/mol. The summed E-state index contributed by atoms with van der Waals surface area (Å²) in [6.07, 6.45) is 0.991. The van der Waals surface area contributed by atoms with E-state index in [9.17, 15) is 8.42 Å². The first-order valence-electron chi connectivity index (χ1n) is 5.40. The molecule has 7 heteroatoms. The van der Waals surface area contributed by atoms with Gasteiger partial charge in [0.15, 0.2) is 0 Å². The molecule has 0 amide bonds. The van der Waals surface area contributed by atoms with Crippen molar-refractivity contribution in [3.05, 3.63) is 0 Å². The largest absolute Gasteiger partial charge is 0.316 e. The number of piperidine rings is 1. The molecule has 16 heavy (non-hydrogen) atoms. The highest BCUT2D eigenvalue weighted by Gasteiger charge is 2.37. The van der Waals surface area contributed by atoms with Crippen LogP contribution in [0.5, 0.6) is 0 Å². The summed E-state index contributed by atoms with van der Waals surface area (Å²) in [7, 11) is -0.0165. The molecule has 2 aliphatic rings. The monoisotopic (exact) mass is 269 g/mol. The van der Waals surface area contributed by atoms with Crippen molar-refractivity contribution in [1.29, 1.82) is 0 Å². The quantitative estimate of drug-likeness (QED) is 0.753. The molecule has 0 aliphatic carbocycles. The van der Waals surface area contributed by atoms with Crippen LogP contribution in [0, 0.1) is 11.8 Å². The summed E-state index contributed by atoms with van der Waals surface area (Å²) in [5.41, 5.74) is 0. The first-order valence-corrected chi connectivity index (χ1v) is 6.80. The third kappa shape index (κ3) is 2.51. The van der Waals surface area contributed by atoms with Crippen LogP contribution in [0.2, 0.25) is 0 Å². The van der Waals surface area contributed by atoms with Crippen molar-refractivity contribution in [1.82, 2.24) is 13.9 Å². The van der Waals surface area contributed by atoms with Crippen LogP contribution in [-0.2, 0) is 10.2 Å². The smallest absolute Gasteiger partial charge is 0.281 e. The lowest BCUT2D eigenvalue weighted by molar-refractivity contribution is 0.220. The van der Waals surface area contributed by atoms with Crippen LogP contribution < -0.4 is 5.32 Å². The van der Waals surface area contributed by atoms with Gasteiger partial charge in [-0.3, -0.25) is 0 Å². The van der Waals surface area contributed by atoms with Crippen molar-refractivity contribution >= 4 is 22.6 Å². The molecule has 2 saturated heterocycles. The van der Waals surface area contributed by atoms with Crippen molar-refractivity contribution in [2.75, 3.05) is 40.3 Å². The maximum Gasteiger partial charge on any atom is 0.281 e. The van der Waals surface area contributed by atoms with E-state index in [0.717, 1.165) is 19.5 Å². The standard InChI is InChI=1S/C9H19N3O2S.ClH/c1-11(2)15(13,14)12-4-3-8-5-10-6-9(8)7-12;/h8-10H,3-7H2,1-2H3;1H. The predicted molar refractivity (Wildman–Crippen MR) is 65.9 cm³/mol. The van der Waals surface area contributed by atoms with Gasteiger partial charge in [-0.2, -0.15) is 17.0 Å². The maximum absolute atomic E-state index is 11.9. The molecule has 2 heterocycles. The molecule has 2 unspecified atom stereocenters. The molecular weight excluding hydrogens is 250 g/mol. The second kappa shape index (κ2) is 5.18. The van der Waals surface area contributed by atoms with Crippen molar-refractivity contribution < 1.29 is 8.42 Å². The van der Waals surface area contributed by atoms with E-state index in [1.165, 1.54) is 4.31 Å². The van der Waals surface area contributed by atoms with Crippen molar-refractivity contribution in [3.8, 4) is 0 Å². The minimum Gasteiger partial charge on any atom is -0.316 e.